The van der Waals surface area contributed by atoms with Crippen molar-refractivity contribution in [2.45, 2.75) is 0 Å². The number of carbonyl (C=O) groups is 2. The highest BCUT2D eigenvalue weighted by atomic mass is 127. The Labute approximate surface area is 94.6 Å². The van der Waals surface area contributed by atoms with Crippen LogP contribution >= 0.6 is 22.6 Å². The lowest BCUT2D eigenvalue weighted by Crippen LogP contribution is -2.17. The Morgan fingerprint density at radius 1 is 1.36 bits per heavy atom. The van der Waals surface area contributed by atoms with Crippen LogP contribution in [0.2, 0.25) is 0 Å². The van der Waals surface area contributed by atoms with Crippen LogP contribution in [-0.2, 0) is 4.74 Å². The number of primary amides is 1. The molecule has 0 heterocycles. The van der Waals surface area contributed by atoms with Gasteiger partial charge in [-0.25, -0.2) is 4.79 Å². The van der Waals surface area contributed by atoms with Crippen LogP contribution in [0, 0.1) is 3.57 Å². The van der Waals surface area contributed by atoms with Crippen molar-refractivity contribution in [3.05, 3.63) is 32.9 Å². The number of benzene rings is 1. The fraction of sp³-hybridized carbons (Fsp3) is 0.111. The molecule has 0 aliphatic carbocycles. The number of amides is 1. The van der Waals surface area contributed by atoms with Gasteiger partial charge in [0.25, 0.3) is 0 Å². The molecule has 0 unspecified atom stereocenters. The third kappa shape index (κ3) is 2.22. The Balaban J connectivity index is 3.28. The van der Waals surface area contributed by atoms with Crippen molar-refractivity contribution in [3.63, 3.8) is 0 Å². The van der Waals surface area contributed by atoms with E-state index in [-0.39, 0.29) is 11.1 Å². The van der Waals surface area contributed by atoms with E-state index in [1.165, 1.54) is 13.2 Å². The largest absolute Gasteiger partial charge is 0.465 e. The fourth-order valence-corrected chi connectivity index (χ4v) is 1.50. The quantitative estimate of drug-likeness (QED) is 0.659. The summed E-state index contributed by atoms with van der Waals surface area (Å²) in [5.41, 5.74) is 5.50. The molecule has 0 atom stereocenters. The predicted molar refractivity (Wildman–Crippen MR) is 59.0 cm³/mol. The first-order valence-corrected chi connectivity index (χ1v) is 4.82. The molecule has 0 fully saturated rings. The van der Waals surface area contributed by atoms with Gasteiger partial charge in [0.15, 0.2) is 0 Å². The third-order valence-corrected chi connectivity index (χ3v) is 2.32. The molecule has 0 bridgehead atoms. The minimum absolute atomic E-state index is 0.184. The summed E-state index contributed by atoms with van der Waals surface area (Å²) in [5.74, 6) is -1.20. The zero-order valence-electron chi connectivity index (χ0n) is 7.41. The Hall–Kier alpha value is -1.11. The number of hydrogen-bond acceptors (Lipinski definition) is 3. The van der Waals surface area contributed by atoms with Crippen LogP contribution in [0.15, 0.2) is 18.2 Å². The smallest absolute Gasteiger partial charge is 0.338 e. The molecule has 74 valence electrons. The van der Waals surface area contributed by atoms with E-state index in [0.717, 1.165) is 3.57 Å². The molecule has 1 aromatic carbocycles. The molecule has 1 rings (SSSR count). The maximum Gasteiger partial charge on any atom is 0.338 e. The Bertz CT molecular complexity index is 390. The molecule has 2 N–H and O–H groups in total. The molecule has 0 radical (unpaired) electrons. The zero-order valence-corrected chi connectivity index (χ0v) is 9.57. The second-order valence-electron chi connectivity index (χ2n) is 2.55. The lowest BCUT2D eigenvalue weighted by atomic mass is 10.1. The number of carbonyl (C=O) groups excluding carboxylic acids is 2. The van der Waals surface area contributed by atoms with Crippen molar-refractivity contribution in [2.24, 2.45) is 5.73 Å². The van der Waals surface area contributed by atoms with E-state index in [1.54, 1.807) is 12.1 Å². The van der Waals surface area contributed by atoms with E-state index < -0.39 is 11.9 Å². The molecular weight excluding hydrogens is 297 g/mol. The molecule has 0 aliphatic heterocycles. The second kappa shape index (κ2) is 4.41. The zero-order chi connectivity index (χ0) is 10.7. The van der Waals surface area contributed by atoms with Crippen LogP contribution in [-0.4, -0.2) is 19.0 Å². The first-order valence-electron chi connectivity index (χ1n) is 3.74. The molecule has 1 amide bonds. The Kier molecular flexibility index (Phi) is 3.45. The summed E-state index contributed by atoms with van der Waals surface area (Å²) in [4.78, 5) is 22.2. The number of nitrogens with two attached hydrogens (primary N) is 1. The van der Waals surface area contributed by atoms with Crippen molar-refractivity contribution < 1.29 is 14.3 Å². The molecule has 0 saturated heterocycles. The van der Waals surface area contributed by atoms with Gasteiger partial charge in [-0.05, 0) is 40.8 Å². The van der Waals surface area contributed by atoms with E-state index in [1.807, 2.05) is 22.6 Å². The number of halogens is 1. The number of methoxy groups -OCH3 is 1. The maximum absolute atomic E-state index is 11.2. The van der Waals surface area contributed by atoms with Crippen LogP contribution in [0.4, 0.5) is 0 Å². The number of rotatable bonds is 2. The summed E-state index contributed by atoms with van der Waals surface area (Å²) in [6.45, 7) is 0. The average Bonchev–Trinajstić information content (AvgIpc) is 2.16. The van der Waals surface area contributed by atoms with E-state index in [9.17, 15) is 9.59 Å². The van der Waals surface area contributed by atoms with Crippen molar-refractivity contribution in [2.75, 3.05) is 7.11 Å². The van der Waals surface area contributed by atoms with Gasteiger partial charge in [0.2, 0.25) is 5.91 Å². The van der Waals surface area contributed by atoms with Gasteiger partial charge in [-0.1, -0.05) is 0 Å². The highest BCUT2D eigenvalue weighted by Crippen LogP contribution is 2.14. The first kappa shape index (κ1) is 11.0. The number of ether oxygens (including phenoxy) is 1. The lowest BCUT2D eigenvalue weighted by molar-refractivity contribution is 0.0597. The second-order valence-corrected chi connectivity index (χ2v) is 3.79. The molecule has 0 spiro atoms. The summed E-state index contributed by atoms with van der Waals surface area (Å²) >= 11 is 2.03. The van der Waals surface area contributed by atoms with Crippen molar-refractivity contribution in [3.8, 4) is 0 Å². The van der Waals surface area contributed by atoms with Crippen LogP contribution in [0.1, 0.15) is 20.7 Å². The van der Waals surface area contributed by atoms with Gasteiger partial charge >= 0.3 is 5.97 Å². The van der Waals surface area contributed by atoms with Gasteiger partial charge in [-0.15, -0.1) is 0 Å². The molecular formula is C9H8INO3. The Morgan fingerprint density at radius 3 is 2.50 bits per heavy atom. The van der Waals surface area contributed by atoms with E-state index in [4.69, 9.17) is 5.73 Å². The molecule has 0 saturated carbocycles. The van der Waals surface area contributed by atoms with E-state index in [2.05, 4.69) is 4.74 Å². The summed E-state index contributed by atoms with van der Waals surface area (Å²) in [6.07, 6.45) is 0. The van der Waals surface area contributed by atoms with Crippen LogP contribution in [0.5, 0.6) is 0 Å². The number of hydrogen-bond donors (Lipinski definition) is 1. The van der Waals surface area contributed by atoms with Gasteiger partial charge in [-0.2, -0.15) is 0 Å². The molecule has 14 heavy (non-hydrogen) atoms. The predicted octanol–water partition coefficient (Wildman–Crippen LogP) is 1.18. The van der Waals surface area contributed by atoms with Crippen molar-refractivity contribution in [1.82, 2.24) is 0 Å². The molecule has 4 nitrogen and oxygen atoms in total. The normalized spacial score (nSPS) is 9.57. The summed E-state index contributed by atoms with van der Waals surface area (Å²) in [5, 5.41) is 0. The average molecular weight is 305 g/mol. The van der Waals surface area contributed by atoms with Crippen LogP contribution < -0.4 is 5.73 Å². The van der Waals surface area contributed by atoms with Gasteiger partial charge in [-0.3, -0.25) is 4.79 Å². The van der Waals surface area contributed by atoms with Crippen LogP contribution in [0.25, 0.3) is 0 Å². The van der Waals surface area contributed by atoms with Gasteiger partial charge in [0, 0.05) is 3.57 Å². The summed E-state index contributed by atoms with van der Waals surface area (Å²) < 4.78 is 5.35. The highest BCUT2D eigenvalue weighted by molar-refractivity contribution is 14.1. The minimum atomic E-state index is -0.635. The maximum atomic E-state index is 11.2. The van der Waals surface area contributed by atoms with Gasteiger partial charge in [0.1, 0.15) is 0 Å². The molecule has 0 aliphatic rings. The molecule has 1 aromatic rings. The fourth-order valence-electron chi connectivity index (χ4n) is 1.01. The van der Waals surface area contributed by atoms with Crippen LogP contribution in [0.3, 0.4) is 0 Å². The minimum Gasteiger partial charge on any atom is -0.465 e. The highest BCUT2D eigenvalue weighted by Gasteiger charge is 2.15. The standard InChI is InChI=1S/C9H8INO3/c1-14-9(13)6-3-2-5(10)4-7(6)8(11)12/h2-4H,1H3,(H2,11,12). The van der Waals surface area contributed by atoms with Gasteiger partial charge in [0.05, 0.1) is 18.2 Å². The van der Waals surface area contributed by atoms with Crippen molar-refractivity contribution in [1.29, 1.82) is 0 Å². The molecule has 5 heteroatoms. The summed E-state index contributed by atoms with van der Waals surface area (Å²) in [6, 6.07) is 4.78. The molecule has 0 aromatic heterocycles. The first-order chi connectivity index (χ1) is 6.56. The Morgan fingerprint density at radius 2 is 2.00 bits per heavy atom. The topological polar surface area (TPSA) is 69.4 Å². The van der Waals surface area contributed by atoms with E-state index >= 15 is 0 Å². The van der Waals surface area contributed by atoms with Gasteiger partial charge < -0.3 is 10.5 Å². The number of esters is 1. The third-order valence-electron chi connectivity index (χ3n) is 1.65. The van der Waals surface area contributed by atoms with E-state index in [0.29, 0.717) is 0 Å². The van der Waals surface area contributed by atoms with Crippen molar-refractivity contribution >= 4 is 34.5 Å². The summed E-state index contributed by atoms with van der Waals surface area (Å²) in [7, 11) is 1.26. The lowest BCUT2D eigenvalue weighted by Gasteiger charge is -2.04. The monoisotopic (exact) mass is 305 g/mol. The SMILES string of the molecule is COC(=O)c1ccc(I)cc1C(N)=O.